The van der Waals surface area contributed by atoms with Crippen LogP contribution in [0, 0.1) is 16.0 Å². The van der Waals surface area contributed by atoms with Crippen molar-refractivity contribution in [2.75, 3.05) is 25.1 Å². The SMILES string of the molecule is CC(C)COCCCNc1cccc(Cl)c1[N+](=O)[O-]. The van der Waals surface area contributed by atoms with Gasteiger partial charge in [0.25, 0.3) is 0 Å². The maximum Gasteiger partial charge on any atom is 0.310 e. The van der Waals surface area contributed by atoms with Gasteiger partial charge in [0.15, 0.2) is 0 Å². The van der Waals surface area contributed by atoms with Crippen molar-refractivity contribution in [1.29, 1.82) is 0 Å². The van der Waals surface area contributed by atoms with E-state index in [4.69, 9.17) is 16.3 Å². The van der Waals surface area contributed by atoms with Gasteiger partial charge in [0.1, 0.15) is 10.7 Å². The van der Waals surface area contributed by atoms with Crippen molar-refractivity contribution in [2.45, 2.75) is 20.3 Å². The van der Waals surface area contributed by atoms with Crippen LogP contribution in [0.5, 0.6) is 0 Å². The van der Waals surface area contributed by atoms with Gasteiger partial charge in [-0.2, -0.15) is 0 Å². The minimum absolute atomic E-state index is 0.0766. The van der Waals surface area contributed by atoms with Gasteiger partial charge >= 0.3 is 5.69 Å². The van der Waals surface area contributed by atoms with E-state index in [1.54, 1.807) is 12.1 Å². The number of nitrogens with one attached hydrogen (secondary N) is 1. The average molecular weight is 287 g/mol. The molecule has 0 aliphatic rings. The highest BCUT2D eigenvalue weighted by Gasteiger charge is 2.17. The molecule has 19 heavy (non-hydrogen) atoms. The Balaban J connectivity index is 2.41. The highest BCUT2D eigenvalue weighted by molar-refractivity contribution is 6.33. The second kappa shape index (κ2) is 7.96. The average Bonchev–Trinajstić information content (AvgIpc) is 2.32. The van der Waals surface area contributed by atoms with E-state index >= 15 is 0 Å². The van der Waals surface area contributed by atoms with E-state index < -0.39 is 4.92 Å². The van der Waals surface area contributed by atoms with Gasteiger partial charge in [0.2, 0.25) is 0 Å². The number of hydrogen-bond acceptors (Lipinski definition) is 4. The van der Waals surface area contributed by atoms with E-state index in [0.717, 1.165) is 13.0 Å². The summed E-state index contributed by atoms with van der Waals surface area (Å²) >= 11 is 5.82. The summed E-state index contributed by atoms with van der Waals surface area (Å²) in [7, 11) is 0. The normalized spacial score (nSPS) is 10.7. The second-order valence-electron chi connectivity index (χ2n) is 4.64. The quantitative estimate of drug-likeness (QED) is 0.449. The van der Waals surface area contributed by atoms with Crippen LogP contribution in [0.1, 0.15) is 20.3 Å². The molecule has 0 unspecified atom stereocenters. The first-order chi connectivity index (χ1) is 9.02. The molecular formula is C13H19ClN2O3. The molecule has 0 fully saturated rings. The molecule has 1 aromatic carbocycles. The summed E-state index contributed by atoms with van der Waals surface area (Å²) in [5.74, 6) is 0.516. The summed E-state index contributed by atoms with van der Waals surface area (Å²) in [6, 6.07) is 4.85. The van der Waals surface area contributed by atoms with Crippen LogP contribution in [0.2, 0.25) is 5.02 Å². The molecule has 0 aromatic heterocycles. The number of hydrogen-bond donors (Lipinski definition) is 1. The third kappa shape index (κ3) is 5.44. The molecule has 0 radical (unpaired) electrons. The number of rotatable bonds is 8. The van der Waals surface area contributed by atoms with Crippen LogP contribution < -0.4 is 5.32 Å². The second-order valence-corrected chi connectivity index (χ2v) is 5.05. The molecule has 0 atom stereocenters. The molecule has 0 amide bonds. The summed E-state index contributed by atoms with van der Waals surface area (Å²) in [4.78, 5) is 10.4. The first-order valence-electron chi connectivity index (χ1n) is 6.27. The molecule has 0 spiro atoms. The molecule has 5 nitrogen and oxygen atoms in total. The van der Waals surface area contributed by atoms with Gasteiger partial charge in [-0.3, -0.25) is 10.1 Å². The molecule has 0 aliphatic carbocycles. The van der Waals surface area contributed by atoms with Crippen molar-refractivity contribution in [2.24, 2.45) is 5.92 Å². The van der Waals surface area contributed by atoms with Crippen LogP contribution in [0.25, 0.3) is 0 Å². The zero-order chi connectivity index (χ0) is 14.3. The largest absolute Gasteiger partial charge is 0.381 e. The third-order valence-electron chi connectivity index (χ3n) is 2.40. The van der Waals surface area contributed by atoms with E-state index in [0.29, 0.717) is 24.8 Å². The van der Waals surface area contributed by atoms with Crippen molar-refractivity contribution < 1.29 is 9.66 Å². The Morgan fingerprint density at radius 2 is 2.21 bits per heavy atom. The van der Waals surface area contributed by atoms with Crippen molar-refractivity contribution in [3.05, 3.63) is 33.3 Å². The van der Waals surface area contributed by atoms with E-state index in [1.807, 2.05) is 0 Å². The molecule has 1 N–H and O–H groups in total. The maximum absolute atomic E-state index is 10.9. The molecule has 0 saturated carbocycles. The lowest BCUT2D eigenvalue weighted by Crippen LogP contribution is -2.09. The zero-order valence-electron chi connectivity index (χ0n) is 11.2. The Hall–Kier alpha value is -1.33. The van der Waals surface area contributed by atoms with Crippen LogP contribution in [-0.2, 0) is 4.74 Å². The van der Waals surface area contributed by atoms with Gasteiger partial charge < -0.3 is 10.1 Å². The molecule has 0 saturated heterocycles. The fourth-order valence-electron chi connectivity index (χ4n) is 1.56. The van der Waals surface area contributed by atoms with Crippen molar-refractivity contribution in [1.82, 2.24) is 0 Å². The lowest BCUT2D eigenvalue weighted by Gasteiger charge is -2.09. The van der Waals surface area contributed by atoms with Gasteiger partial charge in [-0.1, -0.05) is 31.5 Å². The molecular weight excluding hydrogens is 268 g/mol. The molecule has 0 aliphatic heterocycles. The lowest BCUT2D eigenvalue weighted by molar-refractivity contribution is -0.383. The van der Waals surface area contributed by atoms with Crippen LogP contribution in [-0.4, -0.2) is 24.7 Å². The van der Waals surface area contributed by atoms with Crippen molar-refractivity contribution >= 4 is 23.0 Å². The summed E-state index contributed by atoms with van der Waals surface area (Å²) in [6.45, 7) is 6.16. The summed E-state index contributed by atoms with van der Waals surface area (Å²) in [5, 5.41) is 14.1. The number of ether oxygens (including phenoxy) is 1. The number of halogens is 1. The Bertz CT molecular complexity index is 424. The molecule has 6 heteroatoms. The Kier molecular flexibility index (Phi) is 6.59. The van der Waals surface area contributed by atoms with Crippen molar-refractivity contribution in [3.63, 3.8) is 0 Å². The van der Waals surface area contributed by atoms with Crippen LogP contribution in [0.3, 0.4) is 0 Å². The molecule has 0 bridgehead atoms. The maximum atomic E-state index is 10.9. The lowest BCUT2D eigenvalue weighted by atomic mass is 10.2. The Labute approximate surface area is 118 Å². The highest BCUT2D eigenvalue weighted by Crippen LogP contribution is 2.32. The van der Waals surface area contributed by atoms with E-state index in [1.165, 1.54) is 6.07 Å². The van der Waals surface area contributed by atoms with Crippen LogP contribution >= 0.6 is 11.6 Å². The van der Waals surface area contributed by atoms with E-state index in [2.05, 4.69) is 19.2 Å². The van der Waals surface area contributed by atoms with Gasteiger partial charge in [-0.05, 0) is 24.5 Å². The summed E-state index contributed by atoms with van der Waals surface area (Å²) in [5.41, 5.74) is 0.369. The number of nitro groups is 1. The minimum atomic E-state index is -0.472. The van der Waals surface area contributed by atoms with Gasteiger partial charge in [-0.15, -0.1) is 0 Å². The number of nitrogens with zero attached hydrogens (tertiary/aromatic N) is 1. The van der Waals surface area contributed by atoms with Crippen LogP contribution in [0.15, 0.2) is 18.2 Å². The van der Waals surface area contributed by atoms with Crippen LogP contribution in [0.4, 0.5) is 11.4 Å². The summed E-state index contributed by atoms with van der Waals surface area (Å²) < 4.78 is 5.43. The highest BCUT2D eigenvalue weighted by atomic mass is 35.5. The molecule has 1 aromatic rings. The monoisotopic (exact) mass is 286 g/mol. The first kappa shape index (κ1) is 15.7. The number of nitro benzene ring substituents is 1. The Morgan fingerprint density at radius 3 is 2.84 bits per heavy atom. The predicted molar refractivity (Wildman–Crippen MR) is 76.9 cm³/mol. The fraction of sp³-hybridized carbons (Fsp3) is 0.538. The number of anilines is 1. The number of benzene rings is 1. The van der Waals surface area contributed by atoms with Crippen molar-refractivity contribution in [3.8, 4) is 0 Å². The third-order valence-corrected chi connectivity index (χ3v) is 2.71. The first-order valence-corrected chi connectivity index (χ1v) is 6.64. The van der Waals surface area contributed by atoms with Gasteiger partial charge in [0, 0.05) is 19.8 Å². The summed E-state index contributed by atoms with van der Waals surface area (Å²) in [6.07, 6.45) is 0.788. The minimum Gasteiger partial charge on any atom is -0.381 e. The van der Waals surface area contributed by atoms with E-state index in [9.17, 15) is 10.1 Å². The molecule has 106 valence electrons. The standard InChI is InChI=1S/C13H19ClN2O3/c1-10(2)9-19-8-4-7-15-12-6-3-5-11(14)13(12)16(17)18/h3,5-6,10,15H,4,7-9H2,1-2H3. The van der Waals surface area contributed by atoms with Gasteiger partial charge in [-0.25, -0.2) is 0 Å². The smallest absolute Gasteiger partial charge is 0.310 e. The fourth-order valence-corrected chi connectivity index (χ4v) is 1.80. The van der Waals surface area contributed by atoms with E-state index in [-0.39, 0.29) is 10.7 Å². The topological polar surface area (TPSA) is 64.4 Å². The molecule has 1 rings (SSSR count). The molecule has 0 heterocycles. The zero-order valence-corrected chi connectivity index (χ0v) is 11.9. The number of para-hydroxylation sites is 1. The predicted octanol–water partition coefficient (Wildman–Crippen LogP) is 3.72. The van der Waals surface area contributed by atoms with Gasteiger partial charge in [0.05, 0.1) is 4.92 Å². The Morgan fingerprint density at radius 1 is 1.47 bits per heavy atom.